The zero-order valence-corrected chi connectivity index (χ0v) is 16.2. The van der Waals surface area contributed by atoms with Crippen molar-refractivity contribution in [2.45, 2.75) is 18.8 Å². The number of nitrogens with one attached hydrogen (secondary N) is 1. The number of amides is 1. The summed E-state index contributed by atoms with van der Waals surface area (Å²) in [6, 6.07) is 7.95. The molecule has 0 unspecified atom stereocenters. The average molecular weight is 424 g/mol. The number of aromatic nitrogens is 4. The maximum Gasteiger partial charge on any atom is 0.257 e. The monoisotopic (exact) mass is 423 g/mol. The second-order valence-corrected chi connectivity index (χ2v) is 7.86. The number of halogens is 1. The van der Waals surface area contributed by atoms with Crippen LogP contribution in [0.1, 0.15) is 34.7 Å². The lowest BCUT2D eigenvalue weighted by Crippen LogP contribution is -2.37. The Hall–Kier alpha value is -2.67. The third-order valence-corrected chi connectivity index (χ3v) is 5.88. The zero-order chi connectivity index (χ0) is 18.4. The van der Waals surface area contributed by atoms with Crippen molar-refractivity contribution < 1.29 is 4.79 Å². The first-order valence-electron chi connectivity index (χ1n) is 9.05. The molecular weight excluding hydrogens is 406 g/mol. The van der Waals surface area contributed by atoms with Crippen molar-refractivity contribution in [1.29, 1.82) is 0 Å². The summed E-state index contributed by atoms with van der Waals surface area (Å²) < 4.78 is 2.68. The number of rotatable bonds is 2. The fourth-order valence-corrected chi connectivity index (χ4v) is 4.33. The molecule has 0 spiro atoms. The summed E-state index contributed by atoms with van der Waals surface area (Å²) >= 11 is 3.43. The number of hydrogen-bond donors (Lipinski definition) is 1. The summed E-state index contributed by atoms with van der Waals surface area (Å²) in [5.41, 5.74) is 3.75. The minimum absolute atomic E-state index is 0.0614. The second-order valence-electron chi connectivity index (χ2n) is 6.95. The summed E-state index contributed by atoms with van der Waals surface area (Å²) in [6.45, 7) is 1.51. The Kier molecular flexibility index (Phi) is 3.97. The van der Waals surface area contributed by atoms with Crippen molar-refractivity contribution in [2.24, 2.45) is 0 Å². The van der Waals surface area contributed by atoms with E-state index in [1.807, 2.05) is 29.3 Å². The molecule has 0 bridgehead atoms. The molecule has 1 N–H and O–H groups in total. The largest absolute Gasteiger partial charge is 0.346 e. The van der Waals surface area contributed by atoms with E-state index < -0.39 is 0 Å². The molecule has 27 heavy (non-hydrogen) atoms. The van der Waals surface area contributed by atoms with Crippen LogP contribution in [0.25, 0.3) is 16.6 Å². The lowest BCUT2D eigenvalue weighted by atomic mass is 9.89. The highest BCUT2D eigenvalue weighted by Gasteiger charge is 2.27. The number of carbonyl (C=O) groups is 1. The van der Waals surface area contributed by atoms with Crippen LogP contribution in [0.15, 0.2) is 53.5 Å². The maximum absolute atomic E-state index is 13.0. The highest BCUT2D eigenvalue weighted by molar-refractivity contribution is 9.10. The lowest BCUT2D eigenvalue weighted by Gasteiger charge is -2.31. The minimum atomic E-state index is 0.0614. The van der Waals surface area contributed by atoms with E-state index in [0.717, 1.165) is 41.6 Å². The standard InChI is InChI=1S/C20H18BrN5O/c21-14-3-4-18-17(11-24-26(18)12-14)20(27)25-8-5-13(6-9-25)16-10-23-19-15(16)2-1-7-22-19/h1-4,7,10-13H,5-6,8-9H2,(H,22,23). The van der Waals surface area contributed by atoms with E-state index in [9.17, 15) is 4.79 Å². The predicted molar refractivity (Wildman–Crippen MR) is 107 cm³/mol. The number of carbonyl (C=O) groups excluding carboxylic acids is 1. The van der Waals surface area contributed by atoms with E-state index >= 15 is 0 Å². The van der Waals surface area contributed by atoms with E-state index in [2.05, 4.69) is 43.3 Å². The molecule has 1 aliphatic heterocycles. The number of aromatic amines is 1. The number of hydrogen-bond acceptors (Lipinski definition) is 3. The lowest BCUT2D eigenvalue weighted by molar-refractivity contribution is 0.0715. The molecule has 4 aromatic heterocycles. The molecule has 1 amide bonds. The Balaban J connectivity index is 1.34. The van der Waals surface area contributed by atoms with Crippen LogP contribution in [-0.4, -0.2) is 43.5 Å². The molecule has 0 radical (unpaired) electrons. The molecular formula is C20H18BrN5O. The van der Waals surface area contributed by atoms with Gasteiger partial charge in [-0.25, -0.2) is 9.50 Å². The van der Waals surface area contributed by atoms with Crippen LogP contribution in [0.4, 0.5) is 0 Å². The molecule has 7 heteroatoms. The van der Waals surface area contributed by atoms with Gasteiger partial charge in [-0.3, -0.25) is 4.79 Å². The highest BCUT2D eigenvalue weighted by Crippen LogP contribution is 2.33. The SMILES string of the molecule is O=C(c1cnn2cc(Br)ccc12)N1CCC(c2c[nH]c3ncccc23)CC1. The summed E-state index contributed by atoms with van der Waals surface area (Å²) in [7, 11) is 0. The summed E-state index contributed by atoms with van der Waals surface area (Å²) in [5, 5.41) is 5.50. The molecule has 0 atom stereocenters. The average Bonchev–Trinajstić information content (AvgIpc) is 3.31. The van der Waals surface area contributed by atoms with Gasteiger partial charge in [-0.05, 0) is 64.5 Å². The van der Waals surface area contributed by atoms with Crippen molar-refractivity contribution in [1.82, 2.24) is 24.5 Å². The molecule has 5 rings (SSSR count). The van der Waals surface area contributed by atoms with Crippen LogP contribution in [0.2, 0.25) is 0 Å². The smallest absolute Gasteiger partial charge is 0.257 e. The van der Waals surface area contributed by atoms with Crippen LogP contribution in [0.3, 0.4) is 0 Å². The Morgan fingerprint density at radius 2 is 2.07 bits per heavy atom. The fourth-order valence-electron chi connectivity index (χ4n) is 4.00. The third kappa shape index (κ3) is 2.82. The third-order valence-electron chi connectivity index (χ3n) is 5.42. The molecule has 1 fully saturated rings. The normalized spacial score (nSPS) is 15.7. The van der Waals surface area contributed by atoms with Gasteiger partial charge in [0.1, 0.15) is 5.65 Å². The number of piperidine rings is 1. The molecule has 0 saturated carbocycles. The van der Waals surface area contributed by atoms with Crippen molar-refractivity contribution >= 4 is 38.4 Å². The molecule has 5 heterocycles. The quantitative estimate of drug-likeness (QED) is 0.529. The Bertz CT molecular complexity index is 1140. The van der Waals surface area contributed by atoms with Crippen LogP contribution >= 0.6 is 15.9 Å². The highest BCUT2D eigenvalue weighted by atomic mass is 79.9. The van der Waals surface area contributed by atoms with E-state index in [4.69, 9.17) is 0 Å². The van der Waals surface area contributed by atoms with Gasteiger partial charge in [0.2, 0.25) is 0 Å². The fraction of sp³-hybridized carbons (Fsp3) is 0.250. The number of pyridine rings is 2. The van der Waals surface area contributed by atoms with Crippen LogP contribution in [0.5, 0.6) is 0 Å². The van der Waals surface area contributed by atoms with Crippen LogP contribution in [-0.2, 0) is 0 Å². The van der Waals surface area contributed by atoms with Crippen molar-refractivity contribution in [3.8, 4) is 0 Å². The molecule has 6 nitrogen and oxygen atoms in total. The zero-order valence-electron chi connectivity index (χ0n) is 14.6. The Labute approximate surface area is 164 Å². The number of H-pyrrole nitrogens is 1. The van der Waals surface area contributed by atoms with Gasteiger partial charge < -0.3 is 9.88 Å². The van der Waals surface area contributed by atoms with E-state index in [1.54, 1.807) is 16.9 Å². The van der Waals surface area contributed by atoms with Gasteiger partial charge in [0.25, 0.3) is 5.91 Å². The Morgan fingerprint density at radius 1 is 1.22 bits per heavy atom. The number of likely N-dealkylation sites (tertiary alicyclic amines) is 1. The Morgan fingerprint density at radius 3 is 2.93 bits per heavy atom. The molecule has 4 aromatic rings. The van der Waals surface area contributed by atoms with Crippen LogP contribution < -0.4 is 0 Å². The van der Waals surface area contributed by atoms with Crippen molar-refractivity contribution in [3.63, 3.8) is 0 Å². The number of fused-ring (bicyclic) bond motifs is 2. The topological polar surface area (TPSA) is 66.3 Å². The van der Waals surface area contributed by atoms with Gasteiger partial charge in [0.15, 0.2) is 0 Å². The molecule has 0 aromatic carbocycles. The first-order valence-corrected chi connectivity index (χ1v) is 9.84. The first kappa shape index (κ1) is 16.5. The van der Waals surface area contributed by atoms with Gasteiger partial charge in [-0.2, -0.15) is 5.10 Å². The van der Waals surface area contributed by atoms with Gasteiger partial charge in [-0.1, -0.05) is 0 Å². The van der Waals surface area contributed by atoms with Gasteiger partial charge in [0, 0.05) is 41.5 Å². The van der Waals surface area contributed by atoms with Gasteiger partial charge >= 0.3 is 0 Å². The van der Waals surface area contributed by atoms with E-state index in [-0.39, 0.29) is 5.91 Å². The van der Waals surface area contributed by atoms with E-state index in [0.29, 0.717) is 11.5 Å². The van der Waals surface area contributed by atoms with E-state index in [1.165, 1.54) is 10.9 Å². The van der Waals surface area contributed by atoms with Gasteiger partial charge in [0.05, 0.1) is 17.3 Å². The predicted octanol–water partition coefficient (Wildman–Crippen LogP) is 3.99. The van der Waals surface area contributed by atoms with Gasteiger partial charge in [-0.15, -0.1) is 0 Å². The van der Waals surface area contributed by atoms with Crippen LogP contribution in [0, 0.1) is 0 Å². The first-order chi connectivity index (χ1) is 13.2. The summed E-state index contributed by atoms with van der Waals surface area (Å²) in [5.74, 6) is 0.512. The molecule has 0 aliphatic carbocycles. The van der Waals surface area contributed by atoms with Crippen molar-refractivity contribution in [3.05, 3.63) is 64.7 Å². The molecule has 136 valence electrons. The number of nitrogens with zero attached hydrogens (tertiary/aromatic N) is 4. The molecule has 1 aliphatic rings. The summed E-state index contributed by atoms with van der Waals surface area (Å²) in [6.07, 6.45) is 9.32. The molecule has 1 saturated heterocycles. The van der Waals surface area contributed by atoms with Crippen molar-refractivity contribution in [2.75, 3.05) is 13.1 Å². The second kappa shape index (κ2) is 6.49. The summed E-state index contributed by atoms with van der Waals surface area (Å²) in [4.78, 5) is 22.6. The maximum atomic E-state index is 13.0. The minimum Gasteiger partial charge on any atom is -0.346 e.